The van der Waals surface area contributed by atoms with Gasteiger partial charge in [-0.1, -0.05) is 0 Å². The van der Waals surface area contributed by atoms with Crippen molar-refractivity contribution in [3.05, 3.63) is 59.5 Å². The monoisotopic (exact) mass is 499 g/mol. The summed E-state index contributed by atoms with van der Waals surface area (Å²) in [6, 6.07) is 10.0. The number of fused-ring (bicyclic) bond motifs is 1. The van der Waals surface area contributed by atoms with Crippen LogP contribution in [0.3, 0.4) is 0 Å². The Kier molecular flexibility index (Phi) is 5.47. The van der Waals surface area contributed by atoms with E-state index in [2.05, 4.69) is 31.4 Å². The third-order valence-corrected chi connectivity index (χ3v) is 7.41. The molecule has 0 radical (unpaired) electrons. The summed E-state index contributed by atoms with van der Waals surface area (Å²) in [6.07, 6.45) is 3.21. The molecule has 4 aromatic rings. The Morgan fingerprint density at radius 2 is 1.92 bits per heavy atom. The molecule has 6 rings (SSSR count). The Balaban J connectivity index is 1.16. The van der Waals surface area contributed by atoms with Gasteiger partial charge in [-0.05, 0) is 56.7 Å². The van der Waals surface area contributed by atoms with E-state index in [1.54, 1.807) is 11.1 Å². The fourth-order valence-corrected chi connectivity index (χ4v) is 5.64. The number of carbonyl (C=O) groups excluding carboxylic acids is 1. The zero-order chi connectivity index (χ0) is 25.7. The van der Waals surface area contributed by atoms with Gasteiger partial charge in [0.2, 0.25) is 0 Å². The quantitative estimate of drug-likeness (QED) is 0.438. The first kappa shape index (κ1) is 23.2. The van der Waals surface area contributed by atoms with Crippen LogP contribution < -0.4 is 9.64 Å². The molecule has 1 spiro atoms. The Bertz CT molecular complexity index is 1450. The molecule has 1 aromatic carbocycles. The van der Waals surface area contributed by atoms with Crippen molar-refractivity contribution in [2.24, 2.45) is 5.41 Å². The Morgan fingerprint density at radius 1 is 1.11 bits per heavy atom. The molecule has 0 bridgehead atoms. The molecule has 190 valence electrons. The molecule has 0 aliphatic carbocycles. The molecule has 3 aromatic heterocycles. The summed E-state index contributed by atoms with van der Waals surface area (Å²) >= 11 is 0. The second kappa shape index (κ2) is 8.72. The number of methoxy groups -OCH3 is 1. The van der Waals surface area contributed by atoms with E-state index in [0.29, 0.717) is 0 Å². The van der Waals surface area contributed by atoms with Crippen molar-refractivity contribution in [3.8, 4) is 17.0 Å². The first-order chi connectivity index (χ1) is 17.9. The SMILES string of the molecule is COC(=O)N1CC2(C1)CN(c1ccc(-c3n[nH]c4ccc(O[C@@H](C)c5c(C)cnnc5C)cc34)cn1)C2. The van der Waals surface area contributed by atoms with Crippen molar-refractivity contribution in [3.63, 3.8) is 0 Å². The van der Waals surface area contributed by atoms with Gasteiger partial charge in [0.1, 0.15) is 23.4 Å². The molecule has 1 N–H and O–H groups in total. The maximum Gasteiger partial charge on any atom is 0.409 e. The number of aryl methyl sites for hydroxylation is 2. The van der Waals surface area contributed by atoms with Gasteiger partial charge in [0.05, 0.1) is 24.5 Å². The van der Waals surface area contributed by atoms with E-state index >= 15 is 0 Å². The van der Waals surface area contributed by atoms with Crippen molar-refractivity contribution >= 4 is 22.8 Å². The number of hydrogen-bond donors (Lipinski definition) is 1. The molecule has 1 atom stereocenters. The van der Waals surface area contributed by atoms with Crippen LogP contribution in [-0.4, -0.2) is 69.7 Å². The number of nitrogens with one attached hydrogen (secondary N) is 1. The Hall–Kier alpha value is -4.21. The topological polar surface area (TPSA) is 109 Å². The predicted molar refractivity (Wildman–Crippen MR) is 138 cm³/mol. The lowest BCUT2D eigenvalue weighted by Crippen LogP contribution is -2.73. The normalized spacial score (nSPS) is 16.9. The zero-order valence-corrected chi connectivity index (χ0v) is 21.4. The summed E-state index contributed by atoms with van der Waals surface area (Å²) in [5.74, 6) is 1.69. The van der Waals surface area contributed by atoms with E-state index in [0.717, 1.165) is 76.7 Å². The van der Waals surface area contributed by atoms with Gasteiger partial charge in [-0.2, -0.15) is 15.3 Å². The average Bonchev–Trinajstić information content (AvgIpc) is 3.25. The zero-order valence-electron chi connectivity index (χ0n) is 21.4. The first-order valence-electron chi connectivity index (χ1n) is 12.3. The molecule has 10 nitrogen and oxygen atoms in total. The van der Waals surface area contributed by atoms with E-state index in [9.17, 15) is 4.79 Å². The van der Waals surface area contributed by atoms with E-state index in [4.69, 9.17) is 14.5 Å². The van der Waals surface area contributed by atoms with Crippen molar-refractivity contribution in [2.75, 3.05) is 38.2 Å². The van der Waals surface area contributed by atoms with E-state index in [1.807, 2.05) is 51.2 Å². The van der Waals surface area contributed by atoms with Crippen molar-refractivity contribution in [1.82, 2.24) is 30.3 Å². The van der Waals surface area contributed by atoms with Gasteiger partial charge in [0, 0.05) is 54.3 Å². The van der Waals surface area contributed by atoms with Crippen LogP contribution in [0, 0.1) is 19.3 Å². The lowest BCUT2D eigenvalue weighted by Gasteiger charge is -2.59. The molecule has 2 aliphatic heterocycles. The standard InChI is InChI=1S/C27H29N7O3/c1-16-10-29-30-17(2)24(16)18(3)37-20-6-7-22-21(9-20)25(32-31-22)19-5-8-23(28-11-19)33-12-27(13-33)14-34(15-27)26(35)36-4/h5-11,18H,12-15H2,1-4H3,(H,31,32)/t18-/m0/s1. The second-order valence-corrected chi connectivity index (χ2v) is 10.2. The van der Waals surface area contributed by atoms with Gasteiger partial charge in [-0.15, -0.1) is 0 Å². The minimum Gasteiger partial charge on any atom is -0.486 e. The summed E-state index contributed by atoms with van der Waals surface area (Å²) in [5.41, 5.74) is 5.84. The molecular weight excluding hydrogens is 470 g/mol. The minimum absolute atomic E-state index is 0.167. The fourth-order valence-electron chi connectivity index (χ4n) is 5.64. The number of H-pyrrole nitrogens is 1. The van der Waals surface area contributed by atoms with Crippen LogP contribution in [0.4, 0.5) is 10.6 Å². The van der Waals surface area contributed by atoms with Crippen molar-refractivity contribution < 1.29 is 14.3 Å². The molecule has 2 fully saturated rings. The molecule has 0 unspecified atom stereocenters. The lowest BCUT2D eigenvalue weighted by atomic mass is 9.73. The third kappa shape index (κ3) is 4.02. The number of hydrogen-bond acceptors (Lipinski definition) is 8. The highest BCUT2D eigenvalue weighted by atomic mass is 16.5. The van der Waals surface area contributed by atoms with E-state index in [1.165, 1.54) is 7.11 Å². The van der Waals surface area contributed by atoms with Crippen LogP contribution in [0.25, 0.3) is 22.2 Å². The van der Waals surface area contributed by atoms with Crippen LogP contribution in [0.5, 0.6) is 5.75 Å². The van der Waals surface area contributed by atoms with Crippen molar-refractivity contribution in [1.29, 1.82) is 0 Å². The number of likely N-dealkylation sites (tertiary alicyclic amines) is 1. The molecule has 10 heteroatoms. The number of aromatic nitrogens is 5. The number of nitrogens with zero attached hydrogens (tertiary/aromatic N) is 6. The Morgan fingerprint density at radius 3 is 2.62 bits per heavy atom. The summed E-state index contributed by atoms with van der Waals surface area (Å²) in [6.45, 7) is 9.27. The fraction of sp³-hybridized carbons (Fsp3) is 0.370. The summed E-state index contributed by atoms with van der Waals surface area (Å²) in [5, 5.41) is 16.8. The molecule has 37 heavy (non-hydrogen) atoms. The van der Waals surface area contributed by atoms with Gasteiger partial charge in [-0.3, -0.25) is 5.10 Å². The number of pyridine rings is 1. The van der Waals surface area contributed by atoms with Crippen LogP contribution in [0.1, 0.15) is 29.8 Å². The second-order valence-electron chi connectivity index (χ2n) is 10.2. The maximum absolute atomic E-state index is 11.6. The maximum atomic E-state index is 11.6. The summed E-state index contributed by atoms with van der Waals surface area (Å²) in [4.78, 5) is 20.3. The van der Waals surface area contributed by atoms with Crippen LogP contribution >= 0.6 is 0 Å². The van der Waals surface area contributed by atoms with Crippen molar-refractivity contribution in [2.45, 2.75) is 26.9 Å². The third-order valence-electron chi connectivity index (χ3n) is 7.41. The average molecular weight is 500 g/mol. The van der Waals surface area contributed by atoms with E-state index in [-0.39, 0.29) is 17.6 Å². The molecule has 1 amide bonds. The van der Waals surface area contributed by atoms with Gasteiger partial charge in [-0.25, -0.2) is 9.78 Å². The first-order valence-corrected chi connectivity index (χ1v) is 12.3. The highest BCUT2D eigenvalue weighted by molar-refractivity contribution is 5.93. The smallest absolute Gasteiger partial charge is 0.409 e. The van der Waals surface area contributed by atoms with Crippen LogP contribution in [0.15, 0.2) is 42.7 Å². The molecule has 2 aliphatic rings. The van der Waals surface area contributed by atoms with E-state index < -0.39 is 0 Å². The highest BCUT2D eigenvalue weighted by Crippen LogP contribution is 2.42. The molecule has 0 saturated carbocycles. The summed E-state index contributed by atoms with van der Waals surface area (Å²) in [7, 11) is 1.42. The largest absolute Gasteiger partial charge is 0.486 e. The number of carbonyl (C=O) groups is 1. The summed E-state index contributed by atoms with van der Waals surface area (Å²) < 4.78 is 11.1. The van der Waals surface area contributed by atoms with Gasteiger partial charge >= 0.3 is 6.09 Å². The molecule has 5 heterocycles. The molecule has 2 saturated heterocycles. The van der Waals surface area contributed by atoms with Crippen LogP contribution in [-0.2, 0) is 4.74 Å². The highest BCUT2D eigenvalue weighted by Gasteiger charge is 2.53. The number of ether oxygens (including phenoxy) is 2. The number of rotatable bonds is 5. The predicted octanol–water partition coefficient (Wildman–Crippen LogP) is 4.06. The van der Waals surface area contributed by atoms with Gasteiger partial charge in [0.15, 0.2) is 0 Å². The molecular formula is C27H29N7O3. The number of amides is 1. The number of anilines is 1. The minimum atomic E-state index is -0.250. The van der Waals surface area contributed by atoms with Gasteiger partial charge in [0.25, 0.3) is 0 Å². The Labute approximate surface area is 214 Å². The number of benzene rings is 1. The number of aromatic amines is 1. The van der Waals surface area contributed by atoms with Gasteiger partial charge < -0.3 is 19.3 Å². The lowest BCUT2D eigenvalue weighted by molar-refractivity contribution is -0.0153. The van der Waals surface area contributed by atoms with Crippen LogP contribution in [0.2, 0.25) is 0 Å².